The monoisotopic (exact) mass is 375 g/mol. The van der Waals surface area contributed by atoms with E-state index in [9.17, 15) is 14.0 Å². The molecule has 0 spiro atoms. The van der Waals surface area contributed by atoms with Gasteiger partial charge < -0.3 is 19.9 Å². The first kappa shape index (κ1) is 20.2. The van der Waals surface area contributed by atoms with Crippen LogP contribution in [0.2, 0.25) is 0 Å². The van der Waals surface area contributed by atoms with Crippen LogP contribution in [-0.2, 0) is 9.59 Å². The topological polar surface area (TPSA) is 84.9 Å². The first-order chi connectivity index (χ1) is 13.0. The Hall–Kier alpha value is -3.09. The van der Waals surface area contributed by atoms with Gasteiger partial charge in [0.05, 0.1) is 19.1 Å². The van der Waals surface area contributed by atoms with E-state index >= 15 is 0 Å². The average molecular weight is 375 g/mol. The Morgan fingerprint density at radius 1 is 1.04 bits per heavy atom. The Labute approximate surface area is 156 Å². The maximum absolute atomic E-state index is 13.0. The summed E-state index contributed by atoms with van der Waals surface area (Å²) in [5.74, 6) is -0.781. The Kier molecular flexibility index (Phi) is 7.61. The molecule has 0 saturated carbocycles. The molecule has 1 amide bonds. The normalized spacial score (nSPS) is 11.5. The van der Waals surface area contributed by atoms with Crippen molar-refractivity contribution in [3.05, 3.63) is 59.9 Å². The minimum Gasteiger partial charge on any atom is -0.494 e. The molecule has 2 N–H and O–H groups in total. The molecule has 0 aliphatic rings. The van der Waals surface area contributed by atoms with Crippen LogP contribution in [0.3, 0.4) is 0 Å². The van der Waals surface area contributed by atoms with Gasteiger partial charge in [-0.15, -0.1) is 0 Å². The van der Waals surface area contributed by atoms with E-state index in [4.69, 9.17) is 14.6 Å². The number of rotatable bonds is 10. The van der Waals surface area contributed by atoms with Gasteiger partial charge in [0.2, 0.25) is 0 Å². The van der Waals surface area contributed by atoms with Gasteiger partial charge in [-0.2, -0.15) is 0 Å². The number of carboxylic acids is 1. The smallest absolute Gasteiger partial charge is 0.305 e. The van der Waals surface area contributed by atoms with Gasteiger partial charge in [0.25, 0.3) is 5.91 Å². The summed E-state index contributed by atoms with van der Waals surface area (Å²) in [5.41, 5.74) is 0.504. The zero-order valence-corrected chi connectivity index (χ0v) is 15.0. The van der Waals surface area contributed by atoms with Crippen LogP contribution in [0, 0.1) is 5.82 Å². The zero-order valence-electron chi connectivity index (χ0n) is 15.0. The molecule has 0 aliphatic carbocycles. The summed E-state index contributed by atoms with van der Waals surface area (Å²) in [7, 11) is 0. The second-order valence-electron chi connectivity index (χ2n) is 5.88. The number of ether oxygens (including phenoxy) is 2. The van der Waals surface area contributed by atoms with Crippen molar-refractivity contribution in [2.75, 3.05) is 13.2 Å². The number of halogens is 1. The summed E-state index contributed by atoms with van der Waals surface area (Å²) in [4.78, 5) is 23.2. The van der Waals surface area contributed by atoms with Gasteiger partial charge >= 0.3 is 5.97 Å². The van der Waals surface area contributed by atoms with E-state index in [-0.39, 0.29) is 13.0 Å². The highest BCUT2D eigenvalue weighted by Crippen LogP contribution is 2.19. The number of aliphatic carboxylic acids is 1. The lowest BCUT2D eigenvalue weighted by atomic mass is 10.0. The van der Waals surface area contributed by atoms with Gasteiger partial charge in [-0.05, 0) is 48.4 Å². The number of carbonyl (C=O) groups excluding carboxylic acids is 1. The quantitative estimate of drug-likeness (QED) is 0.665. The highest BCUT2D eigenvalue weighted by atomic mass is 19.1. The molecule has 0 bridgehead atoms. The molecular weight excluding hydrogens is 353 g/mol. The van der Waals surface area contributed by atoms with Crippen molar-refractivity contribution in [1.82, 2.24) is 5.32 Å². The molecule has 27 heavy (non-hydrogen) atoms. The van der Waals surface area contributed by atoms with E-state index in [1.54, 1.807) is 24.3 Å². The van der Waals surface area contributed by atoms with Gasteiger partial charge in [0.15, 0.2) is 6.61 Å². The molecule has 2 aromatic carbocycles. The molecule has 6 nitrogen and oxygen atoms in total. The second-order valence-corrected chi connectivity index (χ2v) is 5.88. The fraction of sp³-hybridized carbons (Fsp3) is 0.300. The highest BCUT2D eigenvalue weighted by Gasteiger charge is 2.18. The predicted molar refractivity (Wildman–Crippen MR) is 97.3 cm³/mol. The van der Waals surface area contributed by atoms with Crippen LogP contribution in [0.15, 0.2) is 48.5 Å². The van der Waals surface area contributed by atoms with Crippen LogP contribution >= 0.6 is 0 Å². The van der Waals surface area contributed by atoms with Crippen LogP contribution in [-0.4, -0.2) is 30.2 Å². The van der Waals surface area contributed by atoms with Crippen molar-refractivity contribution in [2.45, 2.75) is 25.8 Å². The van der Waals surface area contributed by atoms with Crippen molar-refractivity contribution in [1.29, 1.82) is 0 Å². The molecule has 144 valence electrons. The Bertz CT molecular complexity index is 746. The van der Waals surface area contributed by atoms with E-state index in [0.717, 1.165) is 6.42 Å². The van der Waals surface area contributed by atoms with E-state index in [1.807, 2.05) is 6.92 Å². The van der Waals surface area contributed by atoms with E-state index in [0.29, 0.717) is 23.7 Å². The first-order valence-electron chi connectivity index (χ1n) is 8.60. The third-order valence-electron chi connectivity index (χ3n) is 3.65. The van der Waals surface area contributed by atoms with Crippen molar-refractivity contribution < 1.29 is 28.6 Å². The highest BCUT2D eigenvalue weighted by molar-refractivity contribution is 5.79. The number of nitrogens with one attached hydrogen (secondary N) is 1. The van der Waals surface area contributed by atoms with Gasteiger partial charge in [-0.1, -0.05) is 19.1 Å². The molecule has 0 fully saturated rings. The molecule has 1 unspecified atom stereocenters. The summed E-state index contributed by atoms with van der Waals surface area (Å²) in [6, 6.07) is 11.4. The molecule has 0 aliphatic heterocycles. The first-order valence-corrected chi connectivity index (χ1v) is 8.60. The molecule has 2 rings (SSSR count). The molecule has 2 aromatic rings. The zero-order chi connectivity index (χ0) is 19.6. The number of amides is 1. The largest absolute Gasteiger partial charge is 0.494 e. The molecule has 1 atom stereocenters. The summed E-state index contributed by atoms with van der Waals surface area (Å²) < 4.78 is 23.9. The van der Waals surface area contributed by atoms with Gasteiger partial charge in [-0.25, -0.2) is 4.39 Å². The van der Waals surface area contributed by atoms with Crippen molar-refractivity contribution in [3.8, 4) is 11.5 Å². The van der Waals surface area contributed by atoms with E-state index in [1.165, 1.54) is 24.3 Å². The van der Waals surface area contributed by atoms with Crippen molar-refractivity contribution in [2.24, 2.45) is 0 Å². The molecule has 0 heterocycles. The van der Waals surface area contributed by atoms with Crippen molar-refractivity contribution in [3.63, 3.8) is 0 Å². The molecule has 0 saturated heterocycles. The molecule has 7 heteroatoms. The lowest BCUT2D eigenvalue weighted by molar-refractivity contribution is -0.137. The second kappa shape index (κ2) is 10.2. The minimum absolute atomic E-state index is 0.271. The summed E-state index contributed by atoms with van der Waals surface area (Å²) in [5, 5.41) is 11.6. The standard InChI is InChI=1S/C20H22FNO5/c1-2-11-26-16-7-9-17(10-8-16)27-13-19(23)22-18(12-20(24)25)14-3-5-15(21)6-4-14/h3-10,18H,2,11-13H2,1H3,(H,22,23)(H,24,25). The van der Waals surface area contributed by atoms with Gasteiger partial charge in [0.1, 0.15) is 17.3 Å². The predicted octanol–water partition coefficient (Wildman–Crippen LogP) is 3.33. The van der Waals surface area contributed by atoms with Gasteiger partial charge in [-0.3, -0.25) is 9.59 Å². The van der Waals surface area contributed by atoms with Crippen LogP contribution in [0.5, 0.6) is 11.5 Å². The number of carboxylic acid groups (broad SMARTS) is 1. The third kappa shape index (κ3) is 6.97. The van der Waals surface area contributed by atoms with Crippen LogP contribution in [0.25, 0.3) is 0 Å². The fourth-order valence-corrected chi connectivity index (χ4v) is 2.36. The van der Waals surface area contributed by atoms with Crippen LogP contribution in [0.1, 0.15) is 31.4 Å². The van der Waals surface area contributed by atoms with Crippen molar-refractivity contribution >= 4 is 11.9 Å². The summed E-state index contributed by atoms with van der Waals surface area (Å²) in [6.07, 6.45) is 0.588. The molecule has 0 radical (unpaired) electrons. The van der Waals surface area contributed by atoms with Crippen LogP contribution < -0.4 is 14.8 Å². The number of benzene rings is 2. The molecular formula is C20H22FNO5. The Morgan fingerprint density at radius 2 is 1.63 bits per heavy atom. The van der Waals surface area contributed by atoms with E-state index < -0.39 is 23.7 Å². The Balaban J connectivity index is 1.91. The Morgan fingerprint density at radius 3 is 2.19 bits per heavy atom. The summed E-state index contributed by atoms with van der Waals surface area (Å²) in [6.45, 7) is 2.36. The van der Waals surface area contributed by atoms with E-state index in [2.05, 4.69) is 5.32 Å². The van der Waals surface area contributed by atoms with Gasteiger partial charge in [0, 0.05) is 0 Å². The fourth-order valence-electron chi connectivity index (χ4n) is 2.36. The lowest BCUT2D eigenvalue weighted by Gasteiger charge is -2.17. The number of hydrogen-bond acceptors (Lipinski definition) is 4. The summed E-state index contributed by atoms with van der Waals surface area (Å²) >= 11 is 0. The lowest BCUT2D eigenvalue weighted by Crippen LogP contribution is -2.33. The maximum atomic E-state index is 13.0. The minimum atomic E-state index is -1.08. The average Bonchev–Trinajstić information content (AvgIpc) is 2.65. The van der Waals surface area contributed by atoms with Crippen LogP contribution in [0.4, 0.5) is 4.39 Å². The molecule has 0 aromatic heterocycles. The number of carbonyl (C=O) groups is 2. The maximum Gasteiger partial charge on any atom is 0.305 e. The third-order valence-corrected chi connectivity index (χ3v) is 3.65. The number of hydrogen-bond donors (Lipinski definition) is 2. The SMILES string of the molecule is CCCOc1ccc(OCC(=O)NC(CC(=O)O)c2ccc(F)cc2)cc1.